The second kappa shape index (κ2) is 5.19. The third-order valence-corrected chi connectivity index (χ3v) is 3.32. The predicted octanol–water partition coefficient (Wildman–Crippen LogP) is 4.04. The maximum absolute atomic E-state index is 4.66. The minimum Gasteiger partial charge on any atom is -0.262 e. The molecule has 0 saturated carbocycles. The summed E-state index contributed by atoms with van der Waals surface area (Å²) in [6, 6.07) is 21.0. The second-order valence-corrected chi connectivity index (χ2v) is 4.73. The fourth-order valence-corrected chi connectivity index (χ4v) is 2.40. The van der Waals surface area contributed by atoms with Crippen LogP contribution in [0.2, 0.25) is 0 Å². The molecule has 1 atom stereocenters. The van der Waals surface area contributed by atoms with Gasteiger partial charge in [-0.25, -0.2) is 4.99 Å². The Morgan fingerprint density at radius 3 is 2.21 bits per heavy atom. The van der Waals surface area contributed by atoms with E-state index in [2.05, 4.69) is 58.5 Å². The molecule has 0 bridgehead atoms. The molecule has 2 nitrogen and oxygen atoms in total. The van der Waals surface area contributed by atoms with Gasteiger partial charge in [0, 0.05) is 6.42 Å². The fraction of sp³-hybridized carbons (Fsp3) is 0.176. The predicted molar refractivity (Wildman–Crippen MR) is 79.9 cm³/mol. The molecular weight excluding hydrogens is 232 g/mol. The molecule has 0 aromatic heterocycles. The third kappa shape index (κ3) is 2.63. The van der Waals surface area contributed by atoms with Gasteiger partial charge in [-0.1, -0.05) is 60.7 Å². The van der Waals surface area contributed by atoms with Crippen molar-refractivity contribution in [3.63, 3.8) is 0 Å². The Kier molecular flexibility index (Phi) is 3.23. The average molecular weight is 248 g/mol. The molecule has 0 N–H and O–H groups in total. The zero-order chi connectivity index (χ0) is 13.1. The van der Waals surface area contributed by atoms with Crippen LogP contribution in [0.1, 0.15) is 30.5 Å². The van der Waals surface area contributed by atoms with Crippen molar-refractivity contribution < 1.29 is 0 Å². The third-order valence-electron chi connectivity index (χ3n) is 3.32. The summed E-state index contributed by atoms with van der Waals surface area (Å²) in [5.74, 6) is 0.860. The van der Waals surface area contributed by atoms with E-state index in [0.29, 0.717) is 0 Å². The zero-order valence-electron chi connectivity index (χ0n) is 11.0. The molecule has 0 radical (unpaired) electrons. The molecular formula is C17H16N2. The molecule has 3 rings (SSSR count). The Hall–Kier alpha value is -2.22. The smallest absolute Gasteiger partial charge is 0.121 e. The van der Waals surface area contributed by atoms with Crippen molar-refractivity contribution in [2.45, 2.75) is 19.4 Å². The summed E-state index contributed by atoms with van der Waals surface area (Å²) in [7, 11) is 0. The second-order valence-electron chi connectivity index (χ2n) is 4.73. The number of nitrogens with zero attached hydrogens (tertiary/aromatic N) is 2. The van der Waals surface area contributed by atoms with Crippen molar-refractivity contribution in [2.75, 3.05) is 0 Å². The van der Waals surface area contributed by atoms with Crippen LogP contribution in [0.25, 0.3) is 0 Å². The summed E-state index contributed by atoms with van der Waals surface area (Å²) in [5, 5.41) is 0. The average Bonchev–Trinajstić information content (AvgIpc) is 2.48. The molecule has 1 aliphatic rings. The van der Waals surface area contributed by atoms with Gasteiger partial charge in [0.05, 0.1) is 11.8 Å². The Labute approximate surface area is 113 Å². The normalized spacial score (nSPS) is 18.7. The van der Waals surface area contributed by atoms with Gasteiger partial charge < -0.3 is 0 Å². The van der Waals surface area contributed by atoms with E-state index in [-0.39, 0.29) is 6.04 Å². The van der Waals surface area contributed by atoms with Gasteiger partial charge in [0.1, 0.15) is 5.84 Å². The maximum Gasteiger partial charge on any atom is 0.121 e. The van der Waals surface area contributed by atoms with Crippen LogP contribution in [0.4, 0.5) is 0 Å². The zero-order valence-corrected chi connectivity index (χ0v) is 11.0. The van der Waals surface area contributed by atoms with E-state index in [9.17, 15) is 0 Å². The molecule has 2 aromatic rings. The lowest BCUT2D eigenvalue weighted by Gasteiger charge is -2.19. The Morgan fingerprint density at radius 2 is 1.53 bits per heavy atom. The molecule has 94 valence electrons. The van der Waals surface area contributed by atoms with Crippen LogP contribution < -0.4 is 0 Å². The maximum atomic E-state index is 4.66. The van der Waals surface area contributed by atoms with Crippen LogP contribution in [-0.4, -0.2) is 11.5 Å². The molecule has 0 spiro atoms. The van der Waals surface area contributed by atoms with E-state index in [1.165, 1.54) is 11.1 Å². The number of amidine groups is 1. The van der Waals surface area contributed by atoms with E-state index in [1.807, 2.05) is 19.1 Å². The highest BCUT2D eigenvalue weighted by atomic mass is 15.0. The largest absolute Gasteiger partial charge is 0.262 e. The lowest BCUT2D eigenvalue weighted by atomic mass is 9.96. The van der Waals surface area contributed by atoms with Crippen LogP contribution in [-0.2, 0) is 0 Å². The van der Waals surface area contributed by atoms with Crippen molar-refractivity contribution in [2.24, 2.45) is 9.98 Å². The highest BCUT2D eigenvalue weighted by molar-refractivity contribution is 6.08. The summed E-state index contributed by atoms with van der Waals surface area (Å²) in [5.41, 5.74) is 3.57. The molecule has 0 amide bonds. The summed E-state index contributed by atoms with van der Waals surface area (Å²) >= 11 is 0. The van der Waals surface area contributed by atoms with Crippen LogP contribution in [0, 0.1) is 0 Å². The molecule has 2 heteroatoms. The highest BCUT2D eigenvalue weighted by Crippen LogP contribution is 2.27. The summed E-state index contributed by atoms with van der Waals surface area (Å²) < 4.78 is 0. The van der Waals surface area contributed by atoms with Crippen LogP contribution in [0.5, 0.6) is 0 Å². The molecule has 0 fully saturated rings. The van der Waals surface area contributed by atoms with Gasteiger partial charge in [-0.05, 0) is 18.1 Å². The number of rotatable bonds is 2. The first kappa shape index (κ1) is 11.8. The summed E-state index contributed by atoms with van der Waals surface area (Å²) in [6.45, 7) is 1.97. The molecule has 19 heavy (non-hydrogen) atoms. The van der Waals surface area contributed by atoms with Gasteiger partial charge in [0.2, 0.25) is 0 Å². The molecule has 1 aliphatic heterocycles. The topological polar surface area (TPSA) is 24.7 Å². The monoisotopic (exact) mass is 248 g/mol. The van der Waals surface area contributed by atoms with Gasteiger partial charge in [0.25, 0.3) is 0 Å². The lowest BCUT2D eigenvalue weighted by molar-refractivity contribution is 0.752. The minimum absolute atomic E-state index is 0.189. The highest BCUT2D eigenvalue weighted by Gasteiger charge is 2.18. The summed E-state index contributed by atoms with van der Waals surface area (Å²) in [4.78, 5) is 9.25. The molecule has 0 aliphatic carbocycles. The number of hydrogen-bond donors (Lipinski definition) is 0. The molecule has 0 saturated heterocycles. The first-order chi connectivity index (χ1) is 9.33. The van der Waals surface area contributed by atoms with E-state index in [4.69, 9.17) is 0 Å². The van der Waals surface area contributed by atoms with E-state index in [1.54, 1.807) is 0 Å². The molecule has 2 aromatic carbocycles. The lowest BCUT2D eigenvalue weighted by Crippen LogP contribution is -2.14. The molecule has 1 heterocycles. The molecule has 1 unspecified atom stereocenters. The Morgan fingerprint density at radius 1 is 0.895 bits per heavy atom. The van der Waals surface area contributed by atoms with Crippen molar-refractivity contribution in [3.8, 4) is 0 Å². The van der Waals surface area contributed by atoms with Gasteiger partial charge in [-0.3, -0.25) is 4.99 Å². The fourth-order valence-electron chi connectivity index (χ4n) is 2.40. The van der Waals surface area contributed by atoms with E-state index < -0.39 is 0 Å². The summed E-state index contributed by atoms with van der Waals surface area (Å²) in [6.07, 6.45) is 0.866. The van der Waals surface area contributed by atoms with Crippen molar-refractivity contribution in [1.82, 2.24) is 0 Å². The van der Waals surface area contributed by atoms with Crippen molar-refractivity contribution >= 4 is 11.5 Å². The van der Waals surface area contributed by atoms with Gasteiger partial charge >= 0.3 is 0 Å². The van der Waals surface area contributed by atoms with Crippen LogP contribution in [0.15, 0.2) is 70.6 Å². The number of benzene rings is 2. The first-order valence-electron chi connectivity index (χ1n) is 6.55. The van der Waals surface area contributed by atoms with Gasteiger partial charge in [-0.2, -0.15) is 0 Å². The van der Waals surface area contributed by atoms with Gasteiger partial charge in [-0.15, -0.1) is 0 Å². The van der Waals surface area contributed by atoms with Crippen molar-refractivity contribution in [1.29, 1.82) is 0 Å². The van der Waals surface area contributed by atoms with Gasteiger partial charge in [0.15, 0.2) is 0 Å². The Bertz CT molecular complexity index is 612. The van der Waals surface area contributed by atoms with E-state index in [0.717, 1.165) is 18.0 Å². The number of aliphatic imine (C=N–C) groups is 2. The van der Waals surface area contributed by atoms with Crippen LogP contribution in [0.3, 0.4) is 0 Å². The SMILES string of the molecule is CC1=NC(c2ccccc2)CC(c2ccccc2)=N1. The Balaban J connectivity index is 1.92. The van der Waals surface area contributed by atoms with Crippen LogP contribution >= 0.6 is 0 Å². The van der Waals surface area contributed by atoms with Crippen molar-refractivity contribution in [3.05, 3.63) is 71.8 Å². The van der Waals surface area contributed by atoms with E-state index >= 15 is 0 Å². The standard InChI is InChI=1S/C17H16N2/c1-13-18-16(14-8-4-2-5-9-14)12-17(19-13)15-10-6-3-7-11-15/h2-11,16H,12H2,1H3. The first-order valence-corrected chi connectivity index (χ1v) is 6.55. The quantitative estimate of drug-likeness (QED) is 0.766. The minimum atomic E-state index is 0.189. The number of hydrogen-bond acceptors (Lipinski definition) is 2.